The summed E-state index contributed by atoms with van der Waals surface area (Å²) in [6.07, 6.45) is -2.39. The summed E-state index contributed by atoms with van der Waals surface area (Å²) in [5.74, 6) is 1.79. The van der Waals surface area contributed by atoms with Crippen LogP contribution in [0.15, 0.2) is 41.4 Å². The van der Waals surface area contributed by atoms with E-state index in [2.05, 4.69) is 37.8 Å². The van der Waals surface area contributed by atoms with Gasteiger partial charge in [0.2, 0.25) is 10.0 Å². The van der Waals surface area contributed by atoms with Gasteiger partial charge in [0.25, 0.3) is 5.91 Å². The number of alkyl halides is 3. The Morgan fingerprint density at radius 2 is 1.91 bits per heavy atom. The van der Waals surface area contributed by atoms with E-state index < -0.39 is 56.9 Å². The lowest BCUT2D eigenvalue weighted by molar-refractivity contribution is -0.140. The predicted octanol–water partition coefficient (Wildman–Crippen LogP) is 1.93. The van der Waals surface area contributed by atoms with Crippen LogP contribution in [-0.4, -0.2) is 76.2 Å². The number of rotatable bonds is 14. The Morgan fingerprint density at radius 1 is 1.16 bits per heavy atom. The largest absolute Gasteiger partial charge is 0.480 e. The number of pyridine rings is 1. The second-order valence-electron chi connectivity index (χ2n) is 9.50. The number of hydrogen-bond acceptors (Lipinski definition) is 9. The summed E-state index contributed by atoms with van der Waals surface area (Å²) < 4.78 is 81.2. The van der Waals surface area contributed by atoms with Crippen molar-refractivity contribution in [2.75, 3.05) is 25.0 Å². The van der Waals surface area contributed by atoms with E-state index >= 15 is 0 Å². The van der Waals surface area contributed by atoms with Crippen molar-refractivity contribution < 1.29 is 45.8 Å². The molecule has 3 rings (SSSR count). The van der Waals surface area contributed by atoms with Crippen molar-refractivity contribution in [3.63, 3.8) is 0 Å². The Labute approximate surface area is 255 Å². The van der Waals surface area contributed by atoms with Crippen LogP contribution in [0.5, 0.6) is 0 Å². The van der Waals surface area contributed by atoms with Gasteiger partial charge in [-0.1, -0.05) is 11.1 Å². The minimum atomic E-state index is -5.21. The number of carboxylic acid groups (broad SMARTS) is 1. The van der Waals surface area contributed by atoms with Crippen LogP contribution in [0, 0.1) is 24.6 Å². The molecule has 0 aliphatic carbocycles. The van der Waals surface area contributed by atoms with Crippen molar-refractivity contribution in [2.45, 2.75) is 49.8 Å². The molecule has 2 aromatic heterocycles. The summed E-state index contributed by atoms with van der Waals surface area (Å²) in [4.78, 5) is 27.9. The first-order valence-corrected chi connectivity index (χ1v) is 14.8. The number of anilines is 1. The van der Waals surface area contributed by atoms with Gasteiger partial charge in [-0.2, -0.15) is 17.9 Å². The zero-order valence-electron chi connectivity index (χ0n) is 23.7. The molecule has 242 valence electrons. The third-order valence-electron chi connectivity index (χ3n) is 6.00. The van der Waals surface area contributed by atoms with Gasteiger partial charge in [0, 0.05) is 38.9 Å². The molecule has 0 unspecified atom stereocenters. The van der Waals surface area contributed by atoms with Crippen LogP contribution in [0.25, 0.3) is 0 Å². The first kappa shape index (κ1) is 34.9. The van der Waals surface area contributed by atoms with Crippen molar-refractivity contribution in [3.05, 3.63) is 64.9 Å². The number of aliphatic hydroxyl groups is 1. The number of aryl methyl sites for hydroxylation is 2. The molecule has 2 heterocycles. The number of nitrogens with zero attached hydrogens (tertiary/aromatic N) is 4. The Bertz CT molecular complexity index is 1690. The number of nitrogens with one attached hydrogen (secondary N) is 3. The molecule has 13 nitrogen and oxygen atoms in total. The van der Waals surface area contributed by atoms with Crippen molar-refractivity contribution in [2.24, 2.45) is 0 Å². The second-order valence-corrected chi connectivity index (χ2v) is 11.2. The highest BCUT2D eigenvalue weighted by atomic mass is 32.2. The zero-order valence-corrected chi connectivity index (χ0v) is 24.5. The minimum Gasteiger partial charge on any atom is -0.480 e. The smallest absolute Gasteiger partial charge is 0.419 e. The molecule has 1 atom stereocenters. The Balaban J connectivity index is 1.73. The number of aliphatic hydroxyl groups excluding tert-OH is 1. The van der Waals surface area contributed by atoms with Gasteiger partial charge in [0.1, 0.15) is 23.4 Å². The summed E-state index contributed by atoms with van der Waals surface area (Å²) in [5.41, 5.74) is -1.05. The number of amides is 1. The molecule has 0 saturated heterocycles. The number of hydrogen-bond donors (Lipinski definition) is 5. The lowest BCUT2D eigenvalue weighted by atomic mass is 10.2. The minimum absolute atomic E-state index is 0.0299. The molecule has 0 bridgehead atoms. The van der Waals surface area contributed by atoms with Crippen molar-refractivity contribution in [1.82, 2.24) is 30.0 Å². The summed E-state index contributed by atoms with van der Waals surface area (Å²) in [5, 5.41) is 31.7. The first-order valence-electron chi connectivity index (χ1n) is 13.3. The number of aliphatic carboxylic acids is 1. The third kappa shape index (κ3) is 9.96. The summed E-state index contributed by atoms with van der Waals surface area (Å²) in [6, 6.07) is 2.53. The number of carbonyl (C=O) groups excluding carboxylic acids is 1. The first-order chi connectivity index (χ1) is 21.2. The number of unbranched alkanes of at least 4 members (excludes halogenated alkanes) is 1. The van der Waals surface area contributed by atoms with E-state index in [0.29, 0.717) is 31.3 Å². The highest BCUT2D eigenvalue weighted by Gasteiger charge is 2.36. The highest BCUT2D eigenvalue weighted by Crippen LogP contribution is 2.32. The molecule has 0 spiro atoms. The molecule has 45 heavy (non-hydrogen) atoms. The molecule has 1 amide bonds. The Morgan fingerprint density at radius 3 is 2.58 bits per heavy atom. The zero-order chi connectivity index (χ0) is 33.2. The lowest BCUT2D eigenvalue weighted by Gasteiger charge is -2.16. The van der Waals surface area contributed by atoms with Gasteiger partial charge >= 0.3 is 12.1 Å². The second kappa shape index (κ2) is 15.4. The van der Waals surface area contributed by atoms with E-state index in [9.17, 15) is 40.7 Å². The molecule has 0 radical (unpaired) electrons. The Kier molecular flexibility index (Phi) is 11.9. The van der Waals surface area contributed by atoms with Gasteiger partial charge in [-0.15, -0.1) is 5.10 Å². The van der Waals surface area contributed by atoms with E-state index in [1.165, 1.54) is 4.68 Å². The molecule has 3 aromatic rings. The average Bonchev–Trinajstić information content (AvgIpc) is 3.37. The maximum atomic E-state index is 13.6. The Hall–Kier alpha value is -4.60. The molecule has 5 N–H and O–H groups in total. The van der Waals surface area contributed by atoms with Crippen LogP contribution in [-0.2, 0) is 27.5 Å². The van der Waals surface area contributed by atoms with E-state index in [1.54, 1.807) is 10.9 Å². The van der Waals surface area contributed by atoms with Crippen molar-refractivity contribution in [1.29, 1.82) is 0 Å². The molecule has 0 saturated carbocycles. The lowest BCUT2D eigenvalue weighted by Crippen LogP contribution is -2.48. The predicted molar refractivity (Wildman–Crippen MR) is 151 cm³/mol. The quantitative estimate of drug-likeness (QED) is 0.0976. The molecule has 0 aliphatic heterocycles. The third-order valence-corrected chi connectivity index (χ3v) is 7.47. The van der Waals surface area contributed by atoms with Gasteiger partial charge in [0.05, 0.1) is 10.5 Å². The van der Waals surface area contributed by atoms with Crippen molar-refractivity contribution in [3.8, 4) is 11.8 Å². The normalized spacial score (nSPS) is 12.2. The standard InChI is InChI=1S/C27H29F4N7O6S/c1-17-9-11-33-23(14-17)32-10-5-12-38-22(6-3-2-4-13-39)24(35-37-38)25(40)34-16-21(26(41)42)36-45(43,44)18-7-8-20(28)19(15-18)27(29,30)31/h7-9,11,14-15,21,36,39H,2,4-5,10,12-13,16H2,1H3,(H,32,33)(H,34,40)(H,41,42)/t21-/m0/s1. The number of carboxylic acids is 1. The fourth-order valence-electron chi connectivity index (χ4n) is 3.74. The monoisotopic (exact) mass is 655 g/mol. The van der Waals surface area contributed by atoms with Crippen LogP contribution in [0.4, 0.5) is 23.4 Å². The van der Waals surface area contributed by atoms with Crippen LogP contribution < -0.4 is 15.4 Å². The van der Waals surface area contributed by atoms with Gasteiger partial charge in [-0.3, -0.25) is 9.59 Å². The molecule has 0 fully saturated rings. The number of carbonyl (C=O) groups is 2. The fraction of sp³-hybridized carbons (Fsp3) is 0.370. The molecule has 18 heteroatoms. The number of halogens is 4. The van der Waals surface area contributed by atoms with Crippen LogP contribution in [0.2, 0.25) is 0 Å². The van der Waals surface area contributed by atoms with Crippen LogP contribution in [0.1, 0.15) is 46.6 Å². The van der Waals surface area contributed by atoms with Crippen molar-refractivity contribution >= 4 is 27.7 Å². The fourth-order valence-corrected chi connectivity index (χ4v) is 4.95. The average molecular weight is 656 g/mol. The van der Waals surface area contributed by atoms with E-state index in [1.807, 2.05) is 19.1 Å². The van der Waals surface area contributed by atoms with Gasteiger partial charge in [0.15, 0.2) is 5.69 Å². The van der Waals surface area contributed by atoms with Crippen LogP contribution in [0.3, 0.4) is 0 Å². The van der Waals surface area contributed by atoms with Gasteiger partial charge < -0.3 is 20.8 Å². The number of aromatic nitrogens is 4. The molecule has 1 aromatic carbocycles. The van der Waals surface area contributed by atoms with Gasteiger partial charge in [-0.05, 0) is 61.6 Å². The summed E-state index contributed by atoms with van der Waals surface area (Å²) >= 11 is 0. The van der Waals surface area contributed by atoms with Gasteiger partial charge in [-0.25, -0.2) is 22.5 Å². The van der Waals surface area contributed by atoms with Crippen LogP contribution >= 0.6 is 0 Å². The molecular formula is C27H29F4N7O6S. The van der Waals surface area contributed by atoms with E-state index in [4.69, 9.17) is 5.11 Å². The number of sulfonamides is 1. The highest BCUT2D eigenvalue weighted by molar-refractivity contribution is 7.89. The summed E-state index contributed by atoms with van der Waals surface area (Å²) in [6.45, 7) is 1.70. The maximum absolute atomic E-state index is 13.6. The topological polar surface area (TPSA) is 188 Å². The van der Waals surface area contributed by atoms with E-state index in [0.717, 1.165) is 5.56 Å². The van der Waals surface area contributed by atoms with E-state index in [-0.39, 0.29) is 43.1 Å². The number of benzene rings is 1. The summed E-state index contributed by atoms with van der Waals surface area (Å²) in [7, 11) is -4.91. The maximum Gasteiger partial charge on any atom is 0.419 e. The molecular weight excluding hydrogens is 626 g/mol. The SMILES string of the molecule is Cc1ccnc(NCCCn2nnc(C(=O)NC[C@H](NS(=O)(=O)c3ccc(F)c(C(F)(F)F)c3)C(=O)O)c2C#CCCCO)c1. The molecule has 0 aliphatic rings.